The van der Waals surface area contributed by atoms with Gasteiger partial charge in [0.05, 0.1) is 7.11 Å². The van der Waals surface area contributed by atoms with Gasteiger partial charge in [0, 0.05) is 32.4 Å². The molecule has 26 heavy (non-hydrogen) atoms. The highest BCUT2D eigenvalue weighted by Gasteiger charge is 2.15. The molecule has 1 aliphatic rings. The number of carbonyl (C=O) groups excluding carboxylic acids is 1. The Kier molecular flexibility index (Phi) is 8.61. The summed E-state index contributed by atoms with van der Waals surface area (Å²) in [6.45, 7) is 0.916. The van der Waals surface area contributed by atoms with E-state index in [1.807, 2.05) is 23.9 Å². The van der Waals surface area contributed by atoms with Gasteiger partial charge in [-0.2, -0.15) is 11.8 Å². The zero-order chi connectivity index (χ0) is 18.8. The number of nitrogens with zero attached hydrogens (tertiary/aromatic N) is 2. The van der Waals surface area contributed by atoms with Gasteiger partial charge in [-0.1, -0.05) is 12.1 Å². The number of nitrogens with one attached hydrogen (secondary N) is 2. The number of aliphatic imine (C=N–C) groups is 1. The summed E-state index contributed by atoms with van der Waals surface area (Å²) in [7, 11) is 5.17. The van der Waals surface area contributed by atoms with E-state index in [0.29, 0.717) is 6.04 Å². The summed E-state index contributed by atoms with van der Waals surface area (Å²) in [4.78, 5) is 17.9. The third-order valence-corrected chi connectivity index (χ3v) is 5.45. The second-order valence-electron chi connectivity index (χ2n) is 6.54. The molecule has 1 aromatic rings. The first-order valence-corrected chi connectivity index (χ1v) is 10.2. The van der Waals surface area contributed by atoms with Crippen LogP contribution in [0.2, 0.25) is 0 Å². The van der Waals surface area contributed by atoms with Crippen molar-refractivity contribution in [1.82, 2.24) is 15.5 Å². The van der Waals surface area contributed by atoms with Gasteiger partial charge in [0.25, 0.3) is 0 Å². The Morgan fingerprint density at radius 1 is 1.35 bits per heavy atom. The molecule has 0 spiro atoms. The lowest BCUT2D eigenvalue weighted by Gasteiger charge is -2.25. The van der Waals surface area contributed by atoms with E-state index in [-0.39, 0.29) is 12.5 Å². The lowest BCUT2D eigenvalue weighted by Crippen LogP contribution is -2.46. The van der Waals surface area contributed by atoms with Crippen molar-refractivity contribution in [2.45, 2.75) is 25.3 Å². The van der Waals surface area contributed by atoms with E-state index in [2.05, 4.69) is 27.8 Å². The standard InChI is InChI=1S/C19H30N4O2S/c1-23(2)18(24)13-21-19(22-16-5-4-12-26-14-16)20-11-10-15-6-8-17(25-3)9-7-15/h6-9,16H,4-5,10-14H2,1-3H3,(H2,20,21,22). The van der Waals surface area contributed by atoms with Crippen LogP contribution in [0.4, 0.5) is 0 Å². The van der Waals surface area contributed by atoms with Crippen molar-refractivity contribution in [1.29, 1.82) is 0 Å². The van der Waals surface area contributed by atoms with Crippen LogP contribution in [-0.2, 0) is 11.2 Å². The van der Waals surface area contributed by atoms with E-state index in [4.69, 9.17) is 4.74 Å². The molecule has 1 aliphatic heterocycles. The molecule has 1 saturated heterocycles. The van der Waals surface area contributed by atoms with Gasteiger partial charge >= 0.3 is 0 Å². The largest absolute Gasteiger partial charge is 0.497 e. The van der Waals surface area contributed by atoms with Gasteiger partial charge in [-0.3, -0.25) is 4.79 Å². The number of methoxy groups -OCH3 is 1. The fourth-order valence-electron chi connectivity index (χ4n) is 2.61. The van der Waals surface area contributed by atoms with Crippen LogP contribution in [0, 0.1) is 0 Å². The number of hydrogen-bond donors (Lipinski definition) is 2. The van der Waals surface area contributed by atoms with Gasteiger partial charge in [0.2, 0.25) is 5.91 Å². The molecule has 0 radical (unpaired) electrons. The number of thioether (sulfide) groups is 1. The number of ether oxygens (including phenoxy) is 1. The van der Waals surface area contributed by atoms with E-state index in [0.717, 1.165) is 36.8 Å². The Hall–Kier alpha value is -1.89. The third-order valence-electron chi connectivity index (χ3n) is 4.24. The topological polar surface area (TPSA) is 66.0 Å². The fraction of sp³-hybridized carbons (Fsp3) is 0.579. The summed E-state index contributed by atoms with van der Waals surface area (Å²) < 4.78 is 5.19. The van der Waals surface area contributed by atoms with Crippen molar-refractivity contribution < 1.29 is 9.53 Å². The molecule has 1 unspecified atom stereocenters. The average Bonchev–Trinajstić information content (AvgIpc) is 2.67. The minimum absolute atomic E-state index is 0.000673. The van der Waals surface area contributed by atoms with Gasteiger partial charge in [-0.25, -0.2) is 4.99 Å². The lowest BCUT2D eigenvalue weighted by molar-refractivity contribution is -0.127. The minimum atomic E-state index is -0.000673. The third kappa shape index (κ3) is 7.15. The van der Waals surface area contributed by atoms with Crippen molar-refractivity contribution in [3.05, 3.63) is 29.8 Å². The molecule has 0 aliphatic carbocycles. The van der Waals surface area contributed by atoms with E-state index in [9.17, 15) is 4.79 Å². The van der Waals surface area contributed by atoms with Crippen molar-refractivity contribution in [2.24, 2.45) is 4.99 Å². The number of guanidine groups is 1. The first-order chi connectivity index (χ1) is 12.6. The number of carbonyl (C=O) groups is 1. The Balaban J connectivity index is 1.88. The van der Waals surface area contributed by atoms with Gasteiger partial charge in [-0.15, -0.1) is 0 Å². The van der Waals surface area contributed by atoms with Crippen LogP contribution >= 0.6 is 11.8 Å². The first-order valence-electron chi connectivity index (χ1n) is 9.04. The summed E-state index contributed by atoms with van der Waals surface area (Å²) >= 11 is 1.97. The monoisotopic (exact) mass is 378 g/mol. The smallest absolute Gasteiger partial charge is 0.243 e. The maximum atomic E-state index is 11.8. The van der Waals surface area contributed by atoms with Crippen molar-refractivity contribution >= 4 is 23.6 Å². The molecular weight excluding hydrogens is 348 g/mol. The summed E-state index contributed by atoms with van der Waals surface area (Å²) in [6, 6.07) is 8.49. The lowest BCUT2D eigenvalue weighted by atomic mass is 10.1. The zero-order valence-electron chi connectivity index (χ0n) is 16.0. The molecule has 2 rings (SSSR count). The molecular formula is C19H30N4O2S. The van der Waals surface area contributed by atoms with Crippen molar-refractivity contribution in [3.63, 3.8) is 0 Å². The van der Waals surface area contributed by atoms with Gasteiger partial charge < -0.3 is 20.3 Å². The number of hydrogen-bond acceptors (Lipinski definition) is 4. The molecule has 144 valence electrons. The van der Waals surface area contributed by atoms with E-state index in [1.165, 1.54) is 17.7 Å². The highest BCUT2D eigenvalue weighted by atomic mass is 32.2. The number of amides is 1. The molecule has 0 aromatic heterocycles. The van der Waals surface area contributed by atoms with Gasteiger partial charge in [0.15, 0.2) is 5.96 Å². The molecule has 0 bridgehead atoms. The maximum absolute atomic E-state index is 11.8. The molecule has 1 fully saturated rings. The van der Waals surface area contributed by atoms with Crippen LogP contribution in [0.3, 0.4) is 0 Å². The van der Waals surface area contributed by atoms with Gasteiger partial charge in [0.1, 0.15) is 12.3 Å². The van der Waals surface area contributed by atoms with Crippen LogP contribution in [0.25, 0.3) is 0 Å². The summed E-state index contributed by atoms with van der Waals surface area (Å²) in [5, 5.41) is 6.85. The Morgan fingerprint density at radius 3 is 2.73 bits per heavy atom. The Labute approximate surface area is 160 Å². The maximum Gasteiger partial charge on any atom is 0.243 e. The van der Waals surface area contributed by atoms with Crippen LogP contribution in [0.1, 0.15) is 18.4 Å². The summed E-state index contributed by atoms with van der Waals surface area (Å²) in [6.07, 6.45) is 3.25. The first kappa shape index (κ1) is 20.4. The normalized spacial score (nSPS) is 17.5. The van der Waals surface area contributed by atoms with Crippen LogP contribution < -0.4 is 15.4 Å². The molecule has 1 heterocycles. The van der Waals surface area contributed by atoms with Crippen LogP contribution in [0.15, 0.2) is 29.3 Å². The summed E-state index contributed by atoms with van der Waals surface area (Å²) in [5.41, 5.74) is 1.23. The number of likely N-dealkylation sites (N-methyl/N-ethyl adjacent to an activating group) is 1. The predicted octanol–water partition coefficient (Wildman–Crippen LogP) is 1.76. The Morgan fingerprint density at radius 2 is 2.12 bits per heavy atom. The highest BCUT2D eigenvalue weighted by molar-refractivity contribution is 7.99. The SMILES string of the molecule is COc1ccc(CCNC(=NCC(=O)N(C)C)NC2CCCSC2)cc1. The van der Waals surface area contributed by atoms with Crippen molar-refractivity contribution in [2.75, 3.05) is 45.8 Å². The van der Waals surface area contributed by atoms with Crippen molar-refractivity contribution in [3.8, 4) is 5.75 Å². The molecule has 6 nitrogen and oxygen atoms in total. The predicted molar refractivity (Wildman–Crippen MR) is 109 cm³/mol. The highest BCUT2D eigenvalue weighted by Crippen LogP contribution is 2.16. The molecule has 7 heteroatoms. The number of benzene rings is 1. The van der Waals surface area contributed by atoms with E-state index >= 15 is 0 Å². The molecule has 1 atom stereocenters. The Bertz CT molecular complexity index is 584. The second kappa shape index (κ2) is 11.0. The molecule has 2 N–H and O–H groups in total. The quantitative estimate of drug-likeness (QED) is 0.559. The van der Waals surface area contributed by atoms with Gasteiger partial charge in [-0.05, 0) is 42.7 Å². The fourth-order valence-corrected chi connectivity index (χ4v) is 3.68. The molecule has 1 aromatic carbocycles. The summed E-state index contributed by atoms with van der Waals surface area (Å²) in [5.74, 6) is 3.90. The zero-order valence-corrected chi connectivity index (χ0v) is 16.8. The second-order valence-corrected chi connectivity index (χ2v) is 7.69. The van der Waals surface area contributed by atoms with E-state index in [1.54, 1.807) is 26.1 Å². The van der Waals surface area contributed by atoms with Crippen LogP contribution in [-0.4, -0.2) is 68.6 Å². The minimum Gasteiger partial charge on any atom is -0.497 e. The number of rotatable bonds is 7. The van der Waals surface area contributed by atoms with E-state index < -0.39 is 0 Å². The average molecular weight is 379 g/mol. The van der Waals surface area contributed by atoms with Crippen LogP contribution in [0.5, 0.6) is 5.75 Å². The molecule has 0 saturated carbocycles. The molecule has 1 amide bonds.